The molecule has 3 nitrogen and oxygen atoms in total. The van der Waals surface area contributed by atoms with Crippen molar-refractivity contribution >= 4 is 12.0 Å². The summed E-state index contributed by atoms with van der Waals surface area (Å²) in [5.41, 5.74) is 6.01. The molecule has 0 saturated heterocycles. The first-order valence-corrected chi connectivity index (χ1v) is 4.26. The van der Waals surface area contributed by atoms with Gasteiger partial charge in [-0.25, -0.2) is 0 Å². The van der Waals surface area contributed by atoms with Gasteiger partial charge in [-0.1, -0.05) is 13.8 Å². The summed E-state index contributed by atoms with van der Waals surface area (Å²) in [6, 6.07) is 3.60. The molecule has 0 aliphatic heterocycles. The number of nitrogens with two attached hydrogens (primary N) is 1. The molecule has 1 rings (SSSR count). The van der Waals surface area contributed by atoms with Crippen LogP contribution in [0.5, 0.6) is 0 Å². The average Bonchev–Trinajstić information content (AvgIpc) is 2.06. The number of hydrogen-bond acceptors (Lipinski definition) is 3. The van der Waals surface area contributed by atoms with E-state index in [9.17, 15) is 4.79 Å². The summed E-state index contributed by atoms with van der Waals surface area (Å²) in [6.07, 6.45) is 4.95. The molecule has 3 heteroatoms. The SMILES string of the molecule is CC(C)CC=O.Nc1cccnc1. The van der Waals surface area contributed by atoms with Crippen LogP contribution in [0, 0.1) is 5.92 Å². The van der Waals surface area contributed by atoms with Gasteiger partial charge >= 0.3 is 0 Å². The van der Waals surface area contributed by atoms with Crippen LogP contribution in [0.15, 0.2) is 24.5 Å². The van der Waals surface area contributed by atoms with E-state index in [1.165, 1.54) is 0 Å². The number of rotatable bonds is 2. The molecular weight excluding hydrogens is 164 g/mol. The predicted molar refractivity (Wildman–Crippen MR) is 54.2 cm³/mol. The minimum Gasteiger partial charge on any atom is -0.397 e. The molecule has 0 bridgehead atoms. The van der Waals surface area contributed by atoms with Gasteiger partial charge in [-0.3, -0.25) is 4.98 Å². The van der Waals surface area contributed by atoms with Crippen LogP contribution in [0.1, 0.15) is 20.3 Å². The van der Waals surface area contributed by atoms with Gasteiger partial charge < -0.3 is 10.5 Å². The van der Waals surface area contributed by atoms with Crippen LogP contribution in [0.3, 0.4) is 0 Å². The van der Waals surface area contributed by atoms with Crippen molar-refractivity contribution < 1.29 is 4.79 Å². The van der Waals surface area contributed by atoms with E-state index in [0.29, 0.717) is 18.0 Å². The Morgan fingerprint density at radius 2 is 2.31 bits per heavy atom. The molecule has 0 atom stereocenters. The highest BCUT2D eigenvalue weighted by Gasteiger charge is 1.85. The number of carbonyl (C=O) groups excluding carboxylic acids is 1. The van der Waals surface area contributed by atoms with Crippen molar-refractivity contribution in [1.82, 2.24) is 4.98 Å². The molecule has 0 saturated carbocycles. The number of anilines is 1. The molecule has 0 amide bonds. The third-order valence-electron chi connectivity index (χ3n) is 1.25. The Balaban J connectivity index is 0.000000226. The Morgan fingerprint density at radius 1 is 1.62 bits per heavy atom. The van der Waals surface area contributed by atoms with Crippen LogP contribution in [0.2, 0.25) is 0 Å². The lowest BCUT2D eigenvalue weighted by Gasteiger charge is -1.89. The smallest absolute Gasteiger partial charge is 0.120 e. The zero-order valence-electron chi connectivity index (χ0n) is 8.10. The van der Waals surface area contributed by atoms with E-state index >= 15 is 0 Å². The average molecular weight is 180 g/mol. The quantitative estimate of drug-likeness (QED) is 0.707. The Hall–Kier alpha value is -1.38. The van der Waals surface area contributed by atoms with Gasteiger partial charge in [-0.15, -0.1) is 0 Å². The first-order chi connectivity index (χ1) is 6.16. The molecule has 0 spiro atoms. The molecule has 13 heavy (non-hydrogen) atoms. The number of nitrogen functional groups attached to an aromatic ring is 1. The highest BCUT2D eigenvalue weighted by atomic mass is 16.1. The van der Waals surface area contributed by atoms with Crippen LogP contribution < -0.4 is 5.73 Å². The number of hydrogen-bond donors (Lipinski definition) is 1. The number of carbonyl (C=O) groups is 1. The third-order valence-corrected chi connectivity index (χ3v) is 1.25. The largest absolute Gasteiger partial charge is 0.397 e. The lowest BCUT2D eigenvalue weighted by molar-refractivity contribution is -0.108. The van der Waals surface area contributed by atoms with Crippen molar-refractivity contribution in [1.29, 1.82) is 0 Å². The zero-order chi connectivity index (χ0) is 10.1. The first-order valence-electron chi connectivity index (χ1n) is 4.26. The molecular formula is C10H16N2O. The summed E-state index contributed by atoms with van der Waals surface area (Å²) in [5.74, 6) is 0.530. The summed E-state index contributed by atoms with van der Waals surface area (Å²) in [4.78, 5) is 13.4. The van der Waals surface area contributed by atoms with Crippen molar-refractivity contribution in [3.63, 3.8) is 0 Å². The van der Waals surface area contributed by atoms with E-state index in [2.05, 4.69) is 4.98 Å². The molecule has 0 aliphatic carbocycles. The van der Waals surface area contributed by atoms with E-state index in [1.54, 1.807) is 24.5 Å². The predicted octanol–water partition coefficient (Wildman–Crippen LogP) is 1.90. The Morgan fingerprint density at radius 3 is 2.46 bits per heavy atom. The molecule has 0 fully saturated rings. The second-order valence-electron chi connectivity index (χ2n) is 3.08. The van der Waals surface area contributed by atoms with Crippen LogP contribution in [0.25, 0.3) is 0 Å². The molecule has 2 N–H and O–H groups in total. The second-order valence-corrected chi connectivity index (χ2v) is 3.08. The van der Waals surface area contributed by atoms with E-state index in [0.717, 1.165) is 6.29 Å². The van der Waals surface area contributed by atoms with Gasteiger partial charge in [-0.05, 0) is 18.1 Å². The maximum Gasteiger partial charge on any atom is 0.120 e. The van der Waals surface area contributed by atoms with Crippen LogP contribution in [-0.4, -0.2) is 11.3 Å². The summed E-state index contributed by atoms with van der Waals surface area (Å²) in [7, 11) is 0. The molecule has 0 aromatic carbocycles. The van der Waals surface area contributed by atoms with Gasteiger partial charge in [0.2, 0.25) is 0 Å². The van der Waals surface area contributed by atoms with E-state index < -0.39 is 0 Å². The fourth-order valence-corrected chi connectivity index (χ4v) is 0.568. The Bertz CT molecular complexity index is 222. The van der Waals surface area contributed by atoms with E-state index in [1.807, 2.05) is 13.8 Å². The van der Waals surface area contributed by atoms with Crippen molar-refractivity contribution in [3.8, 4) is 0 Å². The monoisotopic (exact) mass is 180 g/mol. The summed E-state index contributed by atoms with van der Waals surface area (Å²) >= 11 is 0. The molecule has 0 radical (unpaired) electrons. The van der Waals surface area contributed by atoms with Crippen molar-refractivity contribution in [2.45, 2.75) is 20.3 Å². The highest BCUT2D eigenvalue weighted by molar-refractivity contribution is 5.49. The standard InChI is InChI=1S/C5H6N2.C5H10O/c6-5-2-1-3-7-4-5;1-5(2)3-4-6/h1-4H,6H2;4-5H,3H2,1-2H3. The second kappa shape index (κ2) is 7.28. The Labute approximate surface area is 79.0 Å². The minimum atomic E-state index is 0.530. The number of aldehydes is 1. The summed E-state index contributed by atoms with van der Waals surface area (Å²) in [6.45, 7) is 4.04. The van der Waals surface area contributed by atoms with Crippen molar-refractivity contribution in [2.24, 2.45) is 5.92 Å². The summed E-state index contributed by atoms with van der Waals surface area (Å²) in [5, 5.41) is 0. The van der Waals surface area contributed by atoms with E-state index in [-0.39, 0.29) is 0 Å². The van der Waals surface area contributed by atoms with Gasteiger partial charge in [0.05, 0.1) is 5.69 Å². The fraction of sp³-hybridized carbons (Fsp3) is 0.400. The molecule has 1 heterocycles. The molecule has 1 aromatic rings. The van der Waals surface area contributed by atoms with E-state index in [4.69, 9.17) is 5.73 Å². The summed E-state index contributed by atoms with van der Waals surface area (Å²) < 4.78 is 0. The fourth-order valence-electron chi connectivity index (χ4n) is 0.568. The minimum absolute atomic E-state index is 0.530. The molecule has 0 aliphatic rings. The van der Waals surface area contributed by atoms with Crippen molar-refractivity contribution in [3.05, 3.63) is 24.5 Å². The third kappa shape index (κ3) is 8.53. The van der Waals surface area contributed by atoms with Gasteiger partial charge in [0.1, 0.15) is 6.29 Å². The first kappa shape index (κ1) is 11.6. The number of aromatic nitrogens is 1. The van der Waals surface area contributed by atoms with Crippen LogP contribution >= 0.6 is 0 Å². The van der Waals surface area contributed by atoms with Crippen LogP contribution in [0.4, 0.5) is 5.69 Å². The van der Waals surface area contributed by atoms with Gasteiger partial charge in [0.15, 0.2) is 0 Å². The van der Waals surface area contributed by atoms with Crippen molar-refractivity contribution in [2.75, 3.05) is 5.73 Å². The topological polar surface area (TPSA) is 56.0 Å². The van der Waals surface area contributed by atoms with Gasteiger partial charge in [-0.2, -0.15) is 0 Å². The molecule has 1 aromatic heterocycles. The lowest BCUT2D eigenvalue weighted by Crippen LogP contribution is -1.84. The number of nitrogens with zero attached hydrogens (tertiary/aromatic N) is 1. The Kier molecular flexibility index (Phi) is 6.51. The van der Waals surface area contributed by atoms with Gasteiger partial charge in [0.25, 0.3) is 0 Å². The normalized spacial score (nSPS) is 8.85. The van der Waals surface area contributed by atoms with Crippen LogP contribution in [-0.2, 0) is 4.79 Å². The van der Waals surface area contributed by atoms with Gasteiger partial charge in [0, 0.05) is 18.8 Å². The highest BCUT2D eigenvalue weighted by Crippen LogP contribution is 1.92. The zero-order valence-corrected chi connectivity index (χ0v) is 8.10. The number of pyridine rings is 1. The maximum atomic E-state index is 9.62. The maximum absolute atomic E-state index is 9.62. The lowest BCUT2D eigenvalue weighted by atomic mass is 10.2. The molecule has 0 unspecified atom stereocenters. The molecule has 72 valence electrons.